The van der Waals surface area contributed by atoms with Gasteiger partial charge >= 0.3 is 5.97 Å². The zero-order chi connectivity index (χ0) is 19.3. The molecule has 0 aromatic heterocycles. The number of carbonyl (C=O) groups is 2. The number of nitrogens with zero attached hydrogens (tertiary/aromatic N) is 1. The van der Waals surface area contributed by atoms with Crippen LogP contribution in [0.3, 0.4) is 0 Å². The first-order valence-electron chi connectivity index (χ1n) is 9.58. The summed E-state index contributed by atoms with van der Waals surface area (Å²) >= 11 is 0. The topological polar surface area (TPSA) is 65.1 Å². The van der Waals surface area contributed by atoms with Crippen molar-refractivity contribution in [1.82, 2.24) is 4.90 Å². The zero-order valence-corrected chi connectivity index (χ0v) is 16.7. The zero-order valence-electron chi connectivity index (χ0n) is 16.7. The van der Waals surface area contributed by atoms with Crippen LogP contribution in [0, 0.1) is 11.8 Å². The summed E-state index contributed by atoms with van der Waals surface area (Å²) < 4.78 is 16.4. The maximum atomic E-state index is 12.3. The summed E-state index contributed by atoms with van der Waals surface area (Å²) in [6, 6.07) is -0.482. The minimum atomic E-state index is -0.482. The molecular weight excluding hydrogens is 334 g/mol. The van der Waals surface area contributed by atoms with Crippen molar-refractivity contribution in [1.29, 1.82) is 0 Å². The smallest absolute Gasteiger partial charge is 0.328 e. The lowest BCUT2D eigenvalue weighted by Crippen LogP contribution is -2.44. The fraction of sp³-hybridized carbons (Fsp3) is 0.800. The summed E-state index contributed by atoms with van der Waals surface area (Å²) in [5.74, 6) is 0.527. The average molecular weight is 367 g/mol. The minimum absolute atomic E-state index is 0.0143. The lowest BCUT2D eigenvalue weighted by molar-refractivity contribution is -0.152. The predicted octanol–water partition coefficient (Wildman–Crippen LogP) is 2.56. The van der Waals surface area contributed by atoms with E-state index in [1.165, 1.54) is 10.5 Å². The van der Waals surface area contributed by atoms with Gasteiger partial charge in [-0.3, -0.25) is 4.79 Å². The van der Waals surface area contributed by atoms with Crippen molar-refractivity contribution < 1.29 is 23.8 Å². The normalized spacial score (nSPS) is 29.8. The van der Waals surface area contributed by atoms with Crippen LogP contribution in [0.25, 0.3) is 0 Å². The number of likely N-dealkylation sites (N-methyl/N-ethyl adjacent to an activating group) is 1. The highest BCUT2D eigenvalue weighted by Crippen LogP contribution is 2.31. The van der Waals surface area contributed by atoms with Crippen molar-refractivity contribution in [3.63, 3.8) is 0 Å². The number of allylic oxidation sites excluding steroid dienone is 2. The van der Waals surface area contributed by atoms with Crippen LogP contribution >= 0.6 is 0 Å². The monoisotopic (exact) mass is 367 g/mol. The molecule has 4 atom stereocenters. The van der Waals surface area contributed by atoms with Crippen molar-refractivity contribution in [3.8, 4) is 0 Å². The van der Waals surface area contributed by atoms with E-state index in [0.717, 1.165) is 19.3 Å². The molecule has 148 valence electrons. The Morgan fingerprint density at radius 2 is 2.04 bits per heavy atom. The Bertz CT molecular complexity index is 530. The van der Waals surface area contributed by atoms with Gasteiger partial charge in [0.25, 0.3) is 0 Å². The molecule has 1 saturated carbocycles. The van der Waals surface area contributed by atoms with E-state index in [0.29, 0.717) is 24.9 Å². The van der Waals surface area contributed by atoms with E-state index in [2.05, 4.69) is 26.8 Å². The highest BCUT2D eigenvalue weighted by molar-refractivity contribution is 5.85. The van der Waals surface area contributed by atoms with Gasteiger partial charge in [-0.1, -0.05) is 25.5 Å². The van der Waals surface area contributed by atoms with Gasteiger partial charge in [0.1, 0.15) is 12.6 Å². The molecule has 0 aromatic rings. The first kappa shape index (κ1) is 20.9. The van der Waals surface area contributed by atoms with Gasteiger partial charge in [0.15, 0.2) is 0 Å². The first-order valence-corrected chi connectivity index (χ1v) is 9.58. The summed E-state index contributed by atoms with van der Waals surface area (Å²) in [7, 11) is 3.33. The van der Waals surface area contributed by atoms with Crippen LogP contribution in [0.2, 0.25) is 0 Å². The SMILES string of the molecule is CO[C@@H]1CC(/C=C(\C)C(C)C)CCC1OCC(=O)N(C)C1CCOC1=O. The van der Waals surface area contributed by atoms with Gasteiger partial charge in [-0.05, 0) is 38.0 Å². The number of methoxy groups -OCH3 is 1. The second kappa shape index (κ2) is 9.51. The molecule has 1 aliphatic heterocycles. The van der Waals surface area contributed by atoms with Gasteiger partial charge in [0, 0.05) is 20.6 Å². The van der Waals surface area contributed by atoms with Crippen molar-refractivity contribution in [3.05, 3.63) is 11.6 Å². The fourth-order valence-electron chi connectivity index (χ4n) is 3.58. The van der Waals surface area contributed by atoms with Gasteiger partial charge in [-0.25, -0.2) is 4.79 Å². The summed E-state index contributed by atoms with van der Waals surface area (Å²) in [6.45, 7) is 6.93. The van der Waals surface area contributed by atoms with Gasteiger partial charge < -0.3 is 19.1 Å². The third kappa shape index (κ3) is 5.30. The minimum Gasteiger partial charge on any atom is -0.464 e. The van der Waals surface area contributed by atoms with E-state index in [1.54, 1.807) is 14.2 Å². The van der Waals surface area contributed by atoms with Crippen molar-refractivity contribution in [2.24, 2.45) is 11.8 Å². The molecule has 1 amide bonds. The van der Waals surface area contributed by atoms with Crippen molar-refractivity contribution >= 4 is 11.9 Å². The number of cyclic esters (lactones) is 1. The summed E-state index contributed by atoms with van der Waals surface area (Å²) in [5.41, 5.74) is 1.41. The summed E-state index contributed by atoms with van der Waals surface area (Å²) in [5, 5.41) is 0. The van der Waals surface area contributed by atoms with E-state index >= 15 is 0 Å². The standard InChI is InChI=1S/C20H33NO5/c1-13(2)14(3)10-15-6-7-17(18(11-15)24-5)26-12-19(22)21(4)16-8-9-25-20(16)23/h10,13,15-18H,6-9,11-12H2,1-5H3/b14-10+/t15?,16?,17?,18-/m1/s1. The van der Waals surface area contributed by atoms with Crippen LogP contribution < -0.4 is 0 Å². The van der Waals surface area contributed by atoms with Gasteiger partial charge in [0.05, 0.1) is 18.8 Å². The van der Waals surface area contributed by atoms with E-state index in [4.69, 9.17) is 14.2 Å². The Labute approximate surface area is 156 Å². The van der Waals surface area contributed by atoms with E-state index < -0.39 is 6.04 Å². The third-order valence-corrected chi connectivity index (χ3v) is 5.67. The van der Waals surface area contributed by atoms with Crippen LogP contribution in [0.5, 0.6) is 0 Å². The fourth-order valence-corrected chi connectivity index (χ4v) is 3.58. The number of carbonyl (C=O) groups excluding carboxylic acids is 2. The molecule has 1 heterocycles. The lowest BCUT2D eigenvalue weighted by atomic mass is 9.83. The number of ether oxygens (including phenoxy) is 3. The van der Waals surface area contributed by atoms with Crippen LogP contribution in [0.15, 0.2) is 11.6 Å². The van der Waals surface area contributed by atoms with Crippen LogP contribution in [-0.4, -0.2) is 62.4 Å². The molecule has 0 spiro atoms. The molecule has 0 radical (unpaired) electrons. The molecule has 26 heavy (non-hydrogen) atoms. The number of esters is 1. The van der Waals surface area contributed by atoms with Gasteiger partial charge in [-0.2, -0.15) is 0 Å². The van der Waals surface area contributed by atoms with Crippen LogP contribution in [-0.2, 0) is 23.8 Å². The second-order valence-corrected chi connectivity index (χ2v) is 7.74. The van der Waals surface area contributed by atoms with Crippen molar-refractivity contribution in [2.75, 3.05) is 27.4 Å². The van der Waals surface area contributed by atoms with Crippen molar-refractivity contribution in [2.45, 2.75) is 64.7 Å². The molecule has 6 nitrogen and oxygen atoms in total. The van der Waals surface area contributed by atoms with E-state index in [1.807, 2.05) is 0 Å². The van der Waals surface area contributed by atoms with E-state index in [-0.39, 0.29) is 30.7 Å². The molecule has 6 heteroatoms. The highest BCUT2D eigenvalue weighted by Gasteiger charge is 2.35. The lowest BCUT2D eigenvalue weighted by Gasteiger charge is -2.34. The molecular formula is C20H33NO5. The van der Waals surface area contributed by atoms with Gasteiger partial charge in [0.2, 0.25) is 5.91 Å². The number of amides is 1. The Balaban J connectivity index is 1.85. The number of hydrogen-bond acceptors (Lipinski definition) is 5. The summed E-state index contributed by atoms with van der Waals surface area (Å²) in [4.78, 5) is 25.4. The molecule has 1 aliphatic carbocycles. The maximum Gasteiger partial charge on any atom is 0.328 e. The van der Waals surface area contributed by atoms with Crippen LogP contribution in [0.1, 0.15) is 46.5 Å². The van der Waals surface area contributed by atoms with Gasteiger partial charge in [-0.15, -0.1) is 0 Å². The molecule has 1 saturated heterocycles. The Kier molecular flexibility index (Phi) is 7.65. The Hall–Kier alpha value is -1.40. The molecule has 0 bridgehead atoms. The second-order valence-electron chi connectivity index (χ2n) is 7.74. The molecule has 2 fully saturated rings. The molecule has 3 unspecified atom stereocenters. The molecule has 0 N–H and O–H groups in total. The predicted molar refractivity (Wildman–Crippen MR) is 98.6 cm³/mol. The molecule has 0 aromatic carbocycles. The first-order chi connectivity index (χ1) is 12.3. The Morgan fingerprint density at radius 3 is 2.62 bits per heavy atom. The van der Waals surface area contributed by atoms with E-state index in [9.17, 15) is 9.59 Å². The number of hydrogen-bond donors (Lipinski definition) is 0. The quantitative estimate of drug-likeness (QED) is 0.511. The van der Waals surface area contributed by atoms with Crippen LogP contribution in [0.4, 0.5) is 0 Å². The largest absolute Gasteiger partial charge is 0.464 e. The highest BCUT2D eigenvalue weighted by atomic mass is 16.5. The molecule has 2 aliphatic rings. The summed E-state index contributed by atoms with van der Waals surface area (Å²) in [6.07, 6.45) is 5.62. The Morgan fingerprint density at radius 1 is 1.31 bits per heavy atom. The maximum absolute atomic E-state index is 12.3. The number of rotatable bonds is 7. The third-order valence-electron chi connectivity index (χ3n) is 5.67. The average Bonchev–Trinajstić information content (AvgIpc) is 3.05. The molecule has 2 rings (SSSR count).